The number of hydrogen-bond acceptors (Lipinski definition) is 3. The number of carbonyl (C=O) groups excluding carboxylic acids is 2. The van der Waals surface area contributed by atoms with Crippen LogP contribution in [0.5, 0.6) is 0 Å². The summed E-state index contributed by atoms with van der Waals surface area (Å²) in [5, 5.41) is 0. The molecule has 2 atom stereocenters. The number of rotatable bonds is 1. The molecule has 2 unspecified atom stereocenters. The van der Waals surface area contributed by atoms with Crippen molar-refractivity contribution in [3.05, 3.63) is 0 Å². The number of amides is 1. The molecule has 0 N–H and O–H groups in total. The van der Waals surface area contributed by atoms with E-state index in [-0.39, 0.29) is 24.5 Å². The zero-order valence-electron chi connectivity index (χ0n) is 9.00. The van der Waals surface area contributed by atoms with Crippen LogP contribution in [0, 0.1) is 0 Å². The van der Waals surface area contributed by atoms with E-state index in [2.05, 4.69) is 0 Å². The summed E-state index contributed by atoms with van der Waals surface area (Å²) in [7, 11) is 0. The minimum absolute atomic E-state index is 0.0378. The Kier molecular flexibility index (Phi) is 3.76. The molecule has 2 fully saturated rings. The van der Waals surface area contributed by atoms with Gasteiger partial charge in [-0.2, -0.15) is 0 Å². The average molecular weight is 301 g/mol. The first-order valence-electron chi connectivity index (χ1n) is 5.40. The predicted molar refractivity (Wildman–Crippen MR) is 64.5 cm³/mol. The van der Waals surface area contributed by atoms with Gasteiger partial charge < -0.3 is 9.64 Å². The SMILES string of the molecule is O=C1CC2CCC(C1)N2C(=O)OCC(Cl)(Cl)Cl. The first-order chi connectivity index (χ1) is 7.87. The van der Waals surface area contributed by atoms with Gasteiger partial charge >= 0.3 is 6.09 Å². The second kappa shape index (κ2) is 4.82. The smallest absolute Gasteiger partial charge is 0.410 e. The number of Topliss-reactive ketones (excluding diaryl/α,β-unsaturated/α-hetero) is 1. The van der Waals surface area contributed by atoms with Crippen molar-refractivity contribution in [3.8, 4) is 0 Å². The zero-order valence-corrected chi connectivity index (χ0v) is 11.3. The predicted octanol–water partition coefficient (Wildman–Crippen LogP) is 2.69. The molecule has 0 aliphatic carbocycles. The molecule has 96 valence electrons. The van der Waals surface area contributed by atoms with Gasteiger partial charge in [0.1, 0.15) is 12.4 Å². The standard InChI is InChI=1S/C10H12Cl3NO3/c11-10(12,13)5-17-9(16)14-6-1-2-7(14)4-8(15)3-6/h6-7H,1-5H2. The average Bonchev–Trinajstić information content (AvgIpc) is 2.47. The summed E-state index contributed by atoms with van der Waals surface area (Å²) in [6, 6.07) is -0.0757. The number of ether oxygens (including phenoxy) is 1. The van der Waals surface area contributed by atoms with Gasteiger partial charge in [0.2, 0.25) is 3.79 Å². The van der Waals surface area contributed by atoms with E-state index in [4.69, 9.17) is 39.5 Å². The number of halogens is 3. The monoisotopic (exact) mass is 299 g/mol. The number of hydrogen-bond donors (Lipinski definition) is 0. The van der Waals surface area contributed by atoms with Crippen molar-refractivity contribution in [1.29, 1.82) is 0 Å². The molecule has 2 saturated heterocycles. The summed E-state index contributed by atoms with van der Waals surface area (Å²) in [6.07, 6.45) is 2.04. The molecular weight excluding hydrogens is 288 g/mol. The molecule has 0 aromatic carbocycles. The molecule has 2 aliphatic rings. The fourth-order valence-corrected chi connectivity index (χ4v) is 2.65. The molecule has 4 nitrogen and oxygen atoms in total. The fraction of sp³-hybridized carbons (Fsp3) is 0.800. The van der Waals surface area contributed by atoms with Crippen molar-refractivity contribution in [2.24, 2.45) is 0 Å². The Labute approximate surface area is 114 Å². The molecule has 0 radical (unpaired) electrons. The number of ketones is 1. The number of alkyl halides is 3. The third kappa shape index (κ3) is 3.18. The zero-order chi connectivity index (χ0) is 12.6. The van der Waals surface area contributed by atoms with Gasteiger partial charge in [-0.3, -0.25) is 4.79 Å². The Morgan fingerprint density at radius 3 is 2.29 bits per heavy atom. The first-order valence-corrected chi connectivity index (χ1v) is 6.54. The van der Waals surface area contributed by atoms with Gasteiger partial charge in [-0.25, -0.2) is 4.79 Å². The highest BCUT2D eigenvalue weighted by atomic mass is 35.6. The van der Waals surface area contributed by atoms with Crippen LogP contribution in [0.1, 0.15) is 25.7 Å². The highest BCUT2D eigenvalue weighted by molar-refractivity contribution is 6.67. The van der Waals surface area contributed by atoms with E-state index in [1.54, 1.807) is 4.90 Å². The molecular formula is C10H12Cl3NO3. The summed E-state index contributed by atoms with van der Waals surface area (Å²) < 4.78 is 3.34. The summed E-state index contributed by atoms with van der Waals surface area (Å²) in [4.78, 5) is 24.8. The lowest BCUT2D eigenvalue weighted by atomic mass is 10.0. The maximum absolute atomic E-state index is 11.8. The van der Waals surface area contributed by atoms with Crippen LogP contribution in [0.4, 0.5) is 4.79 Å². The molecule has 2 rings (SSSR count). The molecule has 7 heteroatoms. The fourth-order valence-electron chi connectivity index (χ4n) is 2.49. The Morgan fingerprint density at radius 1 is 1.29 bits per heavy atom. The van der Waals surface area contributed by atoms with Gasteiger partial charge in [0, 0.05) is 24.9 Å². The number of fused-ring (bicyclic) bond motifs is 2. The number of nitrogens with zero attached hydrogens (tertiary/aromatic N) is 1. The third-order valence-electron chi connectivity index (χ3n) is 3.12. The lowest BCUT2D eigenvalue weighted by Gasteiger charge is -2.33. The van der Waals surface area contributed by atoms with Crippen molar-refractivity contribution >= 4 is 46.7 Å². The van der Waals surface area contributed by atoms with Crippen LogP contribution in [-0.4, -0.2) is 39.3 Å². The van der Waals surface area contributed by atoms with Gasteiger partial charge in [0.15, 0.2) is 0 Å². The first kappa shape index (κ1) is 13.2. The Hall–Kier alpha value is -0.190. The molecule has 17 heavy (non-hydrogen) atoms. The highest BCUT2D eigenvalue weighted by Gasteiger charge is 2.43. The maximum Gasteiger partial charge on any atom is 0.410 e. The van der Waals surface area contributed by atoms with Crippen LogP contribution in [0.3, 0.4) is 0 Å². The lowest BCUT2D eigenvalue weighted by molar-refractivity contribution is -0.123. The van der Waals surface area contributed by atoms with Gasteiger partial charge in [0.05, 0.1) is 0 Å². The lowest BCUT2D eigenvalue weighted by Crippen LogP contribution is -2.47. The van der Waals surface area contributed by atoms with E-state index in [9.17, 15) is 9.59 Å². The highest BCUT2D eigenvalue weighted by Crippen LogP contribution is 2.35. The van der Waals surface area contributed by atoms with Crippen LogP contribution in [0.2, 0.25) is 0 Å². The van der Waals surface area contributed by atoms with Gasteiger partial charge in [-0.1, -0.05) is 34.8 Å². The number of piperidine rings is 1. The van der Waals surface area contributed by atoms with Crippen molar-refractivity contribution in [2.45, 2.75) is 41.6 Å². The van der Waals surface area contributed by atoms with Crippen LogP contribution in [0.15, 0.2) is 0 Å². The van der Waals surface area contributed by atoms with Gasteiger partial charge in [-0.15, -0.1) is 0 Å². The van der Waals surface area contributed by atoms with Crippen LogP contribution in [-0.2, 0) is 9.53 Å². The van der Waals surface area contributed by atoms with Crippen LogP contribution < -0.4 is 0 Å². The normalized spacial score (nSPS) is 28.4. The molecule has 1 amide bonds. The third-order valence-corrected chi connectivity index (χ3v) is 3.44. The quantitative estimate of drug-likeness (QED) is 0.700. The molecule has 0 spiro atoms. The van der Waals surface area contributed by atoms with Gasteiger partial charge in [-0.05, 0) is 12.8 Å². The van der Waals surface area contributed by atoms with E-state index < -0.39 is 9.89 Å². The molecule has 0 saturated carbocycles. The summed E-state index contributed by atoms with van der Waals surface area (Å²) in [6.45, 7) is -0.277. The molecule has 2 heterocycles. The van der Waals surface area contributed by atoms with Crippen LogP contribution >= 0.6 is 34.8 Å². The topological polar surface area (TPSA) is 46.6 Å². The molecule has 0 aromatic rings. The van der Waals surface area contributed by atoms with Gasteiger partial charge in [0.25, 0.3) is 0 Å². The maximum atomic E-state index is 11.8. The molecule has 2 aliphatic heterocycles. The van der Waals surface area contributed by atoms with E-state index in [1.165, 1.54) is 0 Å². The second-order valence-corrected chi connectivity index (χ2v) is 6.93. The summed E-state index contributed by atoms with van der Waals surface area (Å²) in [5.74, 6) is 0.211. The summed E-state index contributed by atoms with van der Waals surface area (Å²) >= 11 is 16.5. The largest absolute Gasteiger partial charge is 0.445 e. The van der Waals surface area contributed by atoms with E-state index >= 15 is 0 Å². The molecule has 0 aromatic heterocycles. The van der Waals surface area contributed by atoms with Crippen molar-refractivity contribution in [2.75, 3.05) is 6.61 Å². The Balaban J connectivity index is 1.94. The minimum atomic E-state index is -1.60. The summed E-state index contributed by atoms with van der Waals surface area (Å²) in [5.41, 5.74) is 0. The van der Waals surface area contributed by atoms with E-state index in [0.29, 0.717) is 12.8 Å². The van der Waals surface area contributed by atoms with Crippen molar-refractivity contribution in [1.82, 2.24) is 4.90 Å². The molecule has 2 bridgehead atoms. The Bertz CT molecular complexity index is 326. The van der Waals surface area contributed by atoms with Crippen molar-refractivity contribution in [3.63, 3.8) is 0 Å². The van der Waals surface area contributed by atoms with E-state index in [1.807, 2.05) is 0 Å². The second-order valence-electron chi connectivity index (χ2n) is 4.41. The minimum Gasteiger partial charge on any atom is -0.445 e. The van der Waals surface area contributed by atoms with E-state index in [0.717, 1.165) is 12.8 Å². The van der Waals surface area contributed by atoms with Crippen LogP contribution in [0.25, 0.3) is 0 Å². The Morgan fingerprint density at radius 2 is 1.82 bits per heavy atom. The number of carbonyl (C=O) groups is 2. The van der Waals surface area contributed by atoms with Crippen molar-refractivity contribution < 1.29 is 14.3 Å².